The van der Waals surface area contributed by atoms with Crippen LogP contribution in [-0.2, 0) is 32.6 Å². The zero-order chi connectivity index (χ0) is 18.5. The van der Waals surface area contributed by atoms with Crippen molar-refractivity contribution in [3.05, 3.63) is 130 Å². The van der Waals surface area contributed by atoms with Gasteiger partial charge in [0.15, 0.2) is 0 Å². The molecule has 0 saturated heterocycles. The fraction of sp³-hybridized carbons (Fsp3) is 0.0714. The Morgan fingerprint density at radius 2 is 0.968 bits per heavy atom. The Kier molecular flexibility index (Phi) is 7.43. The molecular weight excluding hydrogens is 498 g/mol. The van der Waals surface area contributed by atoms with Crippen LogP contribution in [0.1, 0.15) is 39.3 Å². The number of hydrogen-bond acceptors (Lipinski definition) is 0. The van der Waals surface area contributed by atoms with Gasteiger partial charge in [-0.1, -0.05) is 103 Å². The van der Waals surface area contributed by atoms with E-state index in [0.29, 0.717) is 5.92 Å². The summed E-state index contributed by atoms with van der Waals surface area (Å²) in [4.78, 5) is 0. The zero-order valence-electron chi connectivity index (χ0n) is 16.9. The second-order valence-electron chi connectivity index (χ2n) is 7.74. The third-order valence-corrected chi connectivity index (χ3v) is 6.22. The van der Waals surface area contributed by atoms with E-state index in [1.807, 2.05) is 0 Å². The van der Waals surface area contributed by atoms with Crippen LogP contribution >= 0.6 is 0 Å². The Morgan fingerprint density at radius 1 is 0.516 bits per heavy atom. The first-order valence-corrected chi connectivity index (χ1v) is 9.96. The summed E-state index contributed by atoms with van der Waals surface area (Å²) in [6, 6.07) is 35.5. The molecular formula is C28H20Cl2Zr. The molecule has 4 aromatic carbocycles. The van der Waals surface area contributed by atoms with Gasteiger partial charge in [-0.15, -0.1) is 0 Å². The fourth-order valence-corrected chi connectivity index (χ4v) is 4.98. The number of allylic oxidation sites excluding steroid dienone is 1. The summed E-state index contributed by atoms with van der Waals surface area (Å²) in [6.45, 7) is 0. The summed E-state index contributed by atoms with van der Waals surface area (Å²) in [5.41, 5.74) is 12.6. The minimum absolute atomic E-state index is 0. The third kappa shape index (κ3) is 3.89. The predicted octanol–water partition coefficient (Wildman–Crippen LogP) is 0.949. The Bertz CT molecular complexity index is 1210. The smallest absolute Gasteiger partial charge is 1.00 e. The van der Waals surface area contributed by atoms with Crippen LogP contribution < -0.4 is 24.8 Å². The van der Waals surface area contributed by atoms with Gasteiger partial charge in [-0.05, 0) is 56.5 Å². The van der Waals surface area contributed by atoms with E-state index in [4.69, 9.17) is 0 Å². The average Bonchev–Trinajstić information content (AvgIpc) is 3.33. The fourth-order valence-electron chi connectivity index (χ4n) is 4.98. The van der Waals surface area contributed by atoms with Gasteiger partial charge in [0, 0.05) is 5.92 Å². The first kappa shape index (κ1) is 23.7. The summed E-state index contributed by atoms with van der Waals surface area (Å²) < 4.78 is 0. The molecule has 0 nitrogen and oxygen atoms in total. The Morgan fingerprint density at radius 3 is 1.55 bits per heavy atom. The maximum atomic E-state index is 2.38. The van der Waals surface area contributed by atoms with Crippen LogP contribution in [0.25, 0.3) is 22.8 Å². The van der Waals surface area contributed by atoms with Crippen LogP contribution in [0, 0.1) is 0 Å². The number of halogens is 2. The molecule has 2 aliphatic rings. The van der Waals surface area contributed by atoms with Gasteiger partial charge in [0.1, 0.15) is 0 Å². The van der Waals surface area contributed by atoms with E-state index in [0.717, 1.165) is 6.42 Å². The van der Waals surface area contributed by atoms with Crippen molar-refractivity contribution in [2.24, 2.45) is 0 Å². The van der Waals surface area contributed by atoms with Gasteiger partial charge in [0.05, 0.1) is 0 Å². The molecule has 0 unspecified atom stereocenters. The molecule has 150 valence electrons. The van der Waals surface area contributed by atoms with Crippen molar-refractivity contribution in [3.63, 3.8) is 0 Å². The van der Waals surface area contributed by atoms with E-state index >= 15 is 0 Å². The number of rotatable bonds is 2. The van der Waals surface area contributed by atoms with E-state index in [-0.39, 0.29) is 51.0 Å². The van der Waals surface area contributed by atoms with Crippen molar-refractivity contribution in [3.8, 4) is 11.1 Å². The van der Waals surface area contributed by atoms with Crippen LogP contribution in [-0.4, -0.2) is 0 Å². The van der Waals surface area contributed by atoms with Crippen molar-refractivity contribution in [1.29, 1.82) is 0 Å². The third-order valence-electron chi connectivity index (χ3n) is 6.22. The number of benzene rings is 4. The van der Waals surface area contributed by atoms with Crippen LogP contribution in [0.15, 0.2) is 97.1 Å². The van der Waals surface area contributed by atoms with E-state index in [2.05, 4.69) is 103 Å². The molecule has 4 aromatic rings. The number of hydrogen-bond donors (Lipinski definition) is 0. The summed E-state index contributed by atoms with van der Waals surface area (Å²) in [6.07, 6.45) is 3.39. The van der Waals surface area contributed by atoms with E-state index < -0.39 is 0 Å². The monoisotopic (exact) mass is 516 g/mol. The first-order chi connectivity index (χ1) is 13.9. The molecule has 0 bridgehead atoms. The molecule has 0 saturated carbocycles. The van der Waals surface area contributed by atoms with Crippen molar-refractivity contribution in [2.45, 2.75) is 12.3 Å². The molecule has 0 radical (unpaired) electrons. The van der Waals surface area contributed by atoms with Crippen LogP contribution in [0.4, 0.5) is 0 Å². The second kappa shape index (κ2) is 9.70. The van der Waals surface area contributed by atoms with Crippen LogP contribution in [0.3, 0.4) is 0 Å². The maximum Gasteiger partial charge on any atom is 2.00 e. The Labute approximate surface area is 215 Å². The van der Waals surface area contributed by atoms with Gasteiger partial charge < -0.3 is 24.8 Å². The molecule has 0 aliphatic heterocycles. The standard InChI is InChI=1S/C28H20.2ClH.Zr/c1-2-10-20-18-21(17-19(20)9-1)22-11-3-6-14-25(22)28-26-15-7-4-12-23(26)24-13-5-8-16-27(24)28;;;/h1-17,28H,18H2;2*1H;/q;;;+2/p-2. The topological polar surface area (TPSA) is 0 Å². The van der Waals surface area contributed by atoms with E-state index in [9.17, 15) is 0 Å². The molecule has 2 aliphatic carbocycles. The first-order valence-electron chi connectivity index (χ1n) is 9.96. The summed E-state index contributed by atoms with van der Waals surface area (Å²) in [5, 5.41) is 0. The van der Waals surface area contributed by atoms with Crippen molar-refractivity contribution in [2.75, 3.05) is 0 Å². The molecule has 0 fully saturated rings. The van der Waals surface area contributed by atoms with Gasteiger partial charge >= 0.3 is 26.2 Å². The SMILES string of the molecule is C1=C(c2ccccc2C2c3ccccc3-c3ccccc32)Cc2ccccc21.[Cl-].[Cl-].[Zr+2]. The van der Waals surface area contributed by atoms with Gasteiger partial charge in [-0.2, -0.15) is 0 Å². The average molecular weight is 519 g/mol. The maximum absolute atomic E-state index is 2.38. The largest absolute Gasteiger partial charge is 2.00 e. The van der Waals surface area contributed by atoms with Gasteiger partial charge in [-0.3, -0.25) is 0 Å². The molecule has 0 amide bonds. The molecule has 0 N–H and O–H groups in total. The predicted molar refractivity (Wildman–Crippen MR) is 117 cm³/mol. The van der Waals surface area contributed by atoms with Gasteiger partial charge in [-0.25, -0.2) is 0 Å². The van der Waals surface area contributed by atoms with E-state index in [1.54, 1.807) is 0 Å². The minimum Gasteiger partial charge on any atom is -1.00 e. The normalized spacial score (nSPS) is 13.0. The quantitative estimate of drug-likeness (QED) is 0.327. The van der Waals surface area contributed by atoms with Gasteiger partial charge in [0.25, 0.3) is 0 Å². The van der Waals surface area contributed by atoms with Crippen molar-refractivity contribution >= 4 is 11.6 Å². The van der Waals surface area contributed by atoms with E-state index in [1.165, 1.54) is 50.1 Å². The molecule has 31 heavy (non-hydrogen) atoms. The van der Waals surface area contributed by atoms with Gasteiger partial charge in [0.2, 0.25) is 0 Å². The Balaban J connectivity index is 0.000000907. The summed E-state index contributed by atoms with van der Waals surface area (Å²) >= 11 is 0. The number of fused-ring (bicyclic) bond motifs is 4. The molecule has 3 heteroatoms. The van der Waals surface area contributed by atoms with Crippen molar-refractivity contribution in [1.82, 2.24) is 0 Å². The van der Waals surface area contributed by atoms with Crippen LogP contribution in [0.2, 0.25) is 0 Å². The molecule has 0 heterocycles. The summed E-state index contributed by atoms with van der Waals surface area (Å²) in [7, 11) is 0. The second-order valence-corrected chi connectivity index (χ2v) is 7.74. The molecule has 6 rings (SSSR count). The zero-order valence-corrected chi connectivity index (χ0v) is 20.8. The summed E-state index contributed by atoms with van der Waals surface area (Å²) in [5.74, 6) is 0.299. The molecule has 0 aromatic heterocycles. The minimum atomic E-state index is 0. The Hall–Kier alpha value is -1.92. The van der Waals surface area contributed by atoms with Crippen molar-refractivity contribution < 1.29 is 51.0 Å². The molecule has 0 spiro atoms. The van der Waals surface area contributed by atoms with Crippen LogP contribution in [0.5, 0.6) is 0 Å². The molecule has 0 atom stereocenters.